The monoisotopic (exact) mass is 258 g/mol. The third kappa shape index (κ3) is 3.64. The Balaban J connectivity index is 1.84. The molecular formula is C14H18N4O. The highest BCUT2D eigenvalue weighted by atomic mass is 16.1. The zero-order valence-corrected chi connectivity index (χ0v) is 11.3. The number of carbonyl (C=O) groups is 1. The van der Waals surface area contributed by atoms with Crippen LogP contribution in [0.2, 0.25) is 0 Å². The minimum absolute atomic E-state index is 0.171. The molecule has 1 N–H and O–H groups in total. The molecule has 19 heavy (non-hydrogen) atoms. The van der Waals surface area contributed by atoms with Crippen LogP contribution in [0.4, 0.5) is 5.69 Å². The summed E-state index contributed by atoms with van der Waals surface area (Å²) in [5, 5.41) is 7.50. The Morgan fingerprint density at radius 3 is 2.63 bits per heavy atom. The maximum Gasteiger partial charge on any atom is 0.162 e. The van der Waals surface area contributed by atoms with Gasteiger partial charge in [0.05, 0.1) is 0 Å². The van der Waals surface area contributed by atoms with Crippen LogP contribution in [0.3, 0.4) is 0 Å². The van der Waals surface area contributed by atoms with E-state index in [9.17, 15) is 4.79 Å². The van der Waals surface area contributed by atoms with E-state index in [-0.39, 0.29) is 5.78 Å². The van der Waals surface area contributed by atoms with Crippen molar-refractivity contribution in [2.24, 2.45) is 7.05 Å². The summed E-state index contributed by atoms with van der Waals surface area (Å²) >= 11 is 0. The van der Waals surface area contributed by atoms with Crippen LogP contribution in [0.15, 0.2) is 30.6 Å². The second-order valence-corrected chi connectivity index (χ2v) is 4.37. The number of anilines is 1. The highest BCUT2D eigenvalue weighted by molar-refractivity contribution is 5.96. The fourth-order valence-electron chi connectivity index (χ4n) is 1.80. The van der Waals surface area contributed by atoms with Crippen molar-refractivity contribution in [2.75, 3.05) is 11.9 Å². The van der Waals surface area contributed by atoms with Gasteiger partial charge in [-0.3, -0.25) is 9.48 Å². The number of aromatic nitrogens is 3. The summed E-state index contributed by atoms with van der Waals surface area (Å²) < 4.78 is 1.69. The number of carbonyl (C=O) groups excluding carboxylic acids is 1. The van der Waals surface area contributed by atoms with Crippen molar-refractivity contribution in [2.45, 2.75) is 19.8 Å². The lowest BCUT2D eigenvalue weighted by Gasteiger charge is -2.05. The number of hydrogen-bond acceptors (Lipinski definition) is 4. The van der Waals surface area contributed by atoms with E-state index in [2.05, 4.69) is 15.4 Å². The minimum Gasteiger partial charge on any atom is -0.385 e. The first-order chi connectivity index (χ1) is 9.19. The van der Waals surface area contributed by atoms with Crippen LogP contribution < -0.4 is 5.32 Å². The number of aryl methyl sites for hydroxylation is 1. The van der Waals surface area contributed by atoms with Gasteiger partial charge >= 0.3 is 0 Å². The van der Waals surface area contributed by atoms with Crippen molar-refractivity contribution in [3.05, 3.63) is 42.0 Å². The molecular weight excluding hydrogens is 240 g/mol. The zero-order valence-electron chi connectivity index (χ0n) is 11.3. The molecule has 100 valence electrons. The van der Waals surface area contributed by atoms with E-state index in [1.165, 1.54) is 0 Å². The maximum absolute atomic E-state index is 11.5. The van der Waals surface area contributed by atoms with Crippen LogP contribution in [0.25, 0.3) is 0 Å². The number of Topliss-reactive ketones (excluding diaryl/α,β-unsaturated/α-hetero) is 1. The van der Waals surface area contributed by atoms with E-state index in [1.54, 1.807) is 11.0 Å². The second-order valence-electron chi connectivity index (χ2n) is 4.37. The van der Waals surface area contributed by atoms with Crippen molar-refractivity contribution in [3.63, 3.8) is 0 Å². The van der Waals surface area contributed by atoms with E-state index in [4.69, 9.17) is 0 Å². The van der Waals surface area contributed by atoms with Gasteiger partial charge < -0.3 is 5.32 Å². The summed E-state index contributed by atoms with van der Waals surface area (Å²) in [7, 11) is 1.85. The predicted octanol–water partition coefficient (Wildman–Crippen LogP) is 2.06. The Bertz CT molecular complexity index is 545. The van der Waals surface area contributed by atoms with Crippen molar-refractivity contribution in [3.8, 4) is 0 Å². The fourth-order valence-corrected chi connectivity index (χ4v) is 1.80. The molecule has 0 unspecified atom stereocenters. The molecule has 1 heterocycles. The van der Waals surface area contributed by atoms with Gasteiger partial charge in [-0.25, -0.2) is 4.98 Å². The summed E-state index contributed by atoms with van der Waals surface area (Å²) in [5.74, 6) is 0.997. The van der Waals surface area contributed by atoms with E-state index in [0.717, 1.165) is 30.0 Å². The first-order valence-electron chi connectivity index (χ1n) is 6.40. The molecule has 0 atom stereocenters. The molecule has 2 aromatic rings. The van der Waals surface area contributed by atoms with Crippen LogP contribution in [0.5, 0.6) is 0 Å². The molecule has 5 heteroatoms. The Hall–Kier alpha value is -2.17. The van der Waals surface area contributed by atoms with Crippen LogP contribution >= 0.6 is 0 Å². The number of nitrogens with zero attached hydrogens (tertiary/aromatic N) is 3. The average Bonchev–Trinajstić information content (AvgIpc) is 2.84. The summed E-state index contributed by atoms with van der Waals surface area (Å²) in [6.45, 7) is 2.64. The van der Waals surface area contributed by atoms with Crippen LogP contribution in [-0.2, 0) is 13.5 Å². The molecule has 0 radical (unpaired) electrons. The largest absolute Gasteiger partial charge is 0.385 e. The van der Waals surface area contributed by atoms with Crippen molar-refractivity contribution in [1.82, 2.24) is 14.8 Å². The minimum atomic E-state index is 0.171. The number of ketones is 1. The van der Waals surface area contributed by atoms with Gasteiger partial charge in [-0.05, 0) is 24.3 Å². The van der Waals surface area contributed by atoms with Gasteiger partial charge in [0.15, 0.2) is 11.6 Å². The molecule has 2 rings (SSSR count). The third-order valence-corrected chi connectivity index (χ3v) is 2.85. The van der Waals surface area contributed by atoms with Crippen molar-refractivity contribution >= 4 is 11.5 Å². The predicted molar refractivity (Wildman–Crippen MR) is 74.3 cm³/mol. The molecule has 0 saturated carbocycles. The molecule has 0 bridgehead atoms. The van der Waals surface area contributed by atoms with Gasteiger partial charge in [-0.15, -0.1) is 0 Å². The molecule has 0 spiro atoms. The first-order valence-corrected chi connectivity index (χ1v) is 6.40. The first kappa shape index (κ1) is 13.3. The quantitative estimate of drug-likeness (QED) is 0.806. The van der Waals surface area contributed by atoms with Crippen LogP contribution in [-0.4, -0.2) is 27.1 Å². The van der Waals surface area contributed by atoms with Gasteiger partial charge in [-0.1, -0.05) is 6.92 Å². The van der Waals surface area contributed by atoms with E-state index in [0.29, 0.717) is 6.42 Å². The van der Waals surface area contributed by atoms with Crippen molar-refractivity contribution < 1.29 is 4.79 Å². The number of nitrogens with one attached hydrogen (secondary N) is 1. The molecule has 0 aliphatic carbocycles. The van der Waals surface area contributed by atoms with Gasteiger partial charge in [0.1, 0.15) is 6.33 Å². The smallest absolute Gasteiger partial charge is 0.162 e. The zero-order chi connectivity index (χ0) is 13.7. The van der Waals surface area contributed by atoms with E-state index >= 15 is 0 Å². The Morgan fingerprint density at radius 1 is 1.32 bits per heavy atom. The Morgan fingerprint density at radius 2 is 2.05 bits per heavy atom. The van der Waals surface area contributed by atoms with Gasteiger partial charge in [0.25, 0.3) is 0 Å². The number of benzene rings is 1. The van der Waals surface area contributed by atoms with Crippen LogP contribution in [0.1, 0.15) is 29.5 Å². The third-order valence-electron chi connectivity index (χ3n) is 2.85. The normalized spacial score (nSPS) is 10.4. The second kappa shape index (κ2) is 6.13. The standard InChI is InChI=1S/C14H18N4O/c1-3-13(19)11-4-6-12(7-5-11)15-9-8-14-16-10-18(2)17-14/h4-7,10,15H,3,8-9H2,1-2H3. The SMILES string of the molecule is CCC(=O)c1ccc(NCCc2ncn(C)n2)cc1. The molecule has 0 saturated heterocycles. The van der Waals surface area contributed by atoms with E-state index < -0.39 is 0 Å². The summed E-state index contributed by atoms with van der Waals surface area (Å²) in [6, 6.07) is 7.56. The van der Waals surface area contributed by atoms with Crippen LogP contribution in [0, 0.1) is 0 Å². The fraction of sp³-hybridized carbons (Fsp3) is 0.357. The van der Waals surface area contributed by atoms with E-state index in [1.807, 2.05) is 38.2 Å². The molecule has 0 fully saturated rings. The van der Waals surface area contributed by atoms with Gasteiger partial charge in [0, 0.05) is 37.7 Å². The summed E-state index contributed by atoms with van der Waals surface area (Å²) in [6.07, 6.45) is 3.01. The maximum atomic E-state index is 11.5. The number of rotatable bonds is 6. The topological polar surface area (TPSA) is 59.8 Å². The Kier molecular flexibility index (Phi) is 4.28. The lowest BCUT2D eigenvalue weighted by Crippen LogP contribution is -2.06. The van der Waals surface area contributed by atoms with Gasteiger partial charge in [-0.2, -0.15) is 5.10 Å². The summed E-state index contributed by atoms with van der Waals surface area (Å²) in [4.78, 5) is 15.6. The molecule has 5 nitrogen and oxygen atoms in total. The highest BCUT2D eigenvalue weighted by Gasteiger charge is 2.02. The summed E-state index contributed by atoms with van der Waals surface area (Å²) in [5.41, 5.74) is 1.77. The Labute approximate surface area is 112 Å². The lowest BCUT2D eigenvalue weighted by atomic mass is 10.1. The highest BCUT2D eigenvalue weighted by Crippen LogP contribution is 2.11. The number of hydrogen-bond donors (Lipinski definition) is 1. The molecule has 1 aromatic carbocycles. The average molecular weight is 258 g/mol. The van der Waals surface area contributed by atoms with Gasteiger partial charge in [0.2, 0.25) is 0 Å². The molecule has 0 aliphatic heterocycles. The molecule has 1 aromatic heterocycles. The molecule has 0 amide bonds. The van der Waals surface area contributed by atoms with Crippen molar-refractivity contribution in [1.29, 1.82) is 0 Å². The molecule has 0 aliphatic rings. The lowest BCUT2D eigenvalue weighted by molar-refractivity contribution is 0.0988.